The fourth-order valence-electron chi connectivity index (χ4n) is 8.93. The molecule has 0 saturated carbocycles. The number of fused-ring (bicyclic) bond motifs is 7. The van der Waals surface area contributed by atoms with Crippen molar-refractivity contribution in [1.82, 2.24) is 14.5 Å². The van der Waals surface area contributed by atoms with Gasteiger partial charge in [-0.1, -0.05) is 159 Å². The van der Waals surface area contributed by atoms with Crippen LogP contribution in [-0.4, -0.2) is 14.5 Å². The highest BCUT2D eigenvalue weighted by Gasteiger charge is 2.28. The normalized spacial score (nSPS) is 14.0. The molecule has 5 heteroatoms. The number of nitrogens with zero attached hydrogens (tertiary/aromatic N) is 4. The van der Waals surface area contributed by atoms with Crippen LogP contribution in [0.1, 0.15) is 24.5 Å². The first kappa shape index (κ1) is 34.4. The molecule has 1 aliphatic carbocycles. The largest absolute Gasteiger partial charge is 0.454 e. The molecule has 0 bridgehead atoms. The molecule has 0 spiro atoms. The maximum absolute atomic E-state index is 10.7. The molecule has 1 aliphatic rings. The highest BCUT2D eigenvalue weighted by molar-refractivity contribution is 6.22. The SMILES string of the molecule is CC1CC=CC=C1c1cc(-c2nc(-c3ccccc3)c(C#N)c(-c3ccccc3)n2)cc(-c2ccccc2)c1-n1c2ccccc2c2ccc3c4ccccc4oc3c21. The summed E-state index contributed by atoms with van der Waals surface area (Å²) in [4.78, 5) is 10.6. The lowest BCUT2D eigenvalue weighted by atomic mass is 9.84. The first-order valence-electron chi connectivity index (χ1n) is 20.0. The molecule has 1 atom stereocenters. The van der Waals surface area contributed by atoms with Gasteiger partial charge in [-0.3, -0.25) is 0 Å². The lowest BCUT2D eigenvalue weighted by molar-refractivity contribution is 0.671. The lowest BCUT2D eigenvalue weighted by Gasteiger charge is -2.25. The van der Waals surface area contributed by atoms with Crippen LogP contribution in [0.5, 0.6) is 0 Å². The quantitative estimate of drug-likeness (QED) is 0.169. The molecule has 0 fully saturated rings. The fourth-order valence-corrected chi connectivity index (χ4v) is 8.93. The van der Waals surface area contributed by atoms with E-state index < -0.39 is 0 Å². The highest BCUT2D eigenvalue weighted by atomic mass is 16.3. The second-order valence-corrected chi connectivity index (χ2v) is 15.2. The van der Waals surface area contributed by atoms with Crippen molar-refractivity contribution < 1.29 is 4.42 Å². The van der Waals surface area contributed by atoms with Crippen molar-refractivity contribution in [3.05, 3.63) is 193 Å². The van der Waals surface area contributed by atoms with Gasteiger partial charge in [-0.15, -0.1) is 0 Å². The van der Waals surface area contributed by atoms with E-state index in [4.69, 9.17) is 14.4 Å². The molecule has 0 saturated heterocycles. The molecule has 0 N–H and O–H groups in total. The number of allylic oxidation sites excluding steroid dienone is 4. The number of para-hydroxylation sites is 2. The highest BCUT2D eigenvalue weighted by Crippen LogP contribution is 2.47. The zero-order valence-corrected chi connectivity index (χ0v) is 32.3. The van der Waals surface area contributed by atoms with Crippen LogP contribution < -0.4 is 0 Å². The summed E-state index contributed by atoms with van der Waals surface area (Å²) in [6.07, 6.45) is 7.61. The van der Waals surface area contributed by atoms with E-state index in [1.54, 1.807) is 0 Å². The van der Waals surface area contributed by atoms with Gasteiger partial charge >= 0.3 is 0 Å². The Balaban J connectivity index is 1.30. The molecular weight excluding hydrogens is 721 g/mol. The smallest absolute Gasteiger partial charge is 0.160 e. The molecule has 3 heterocycles. The zero-order valence-electron chi connectivity index (χ0n) is 32.3. The van der Waals surface area contributed by atoms with Crippen LogP contribution in [0, 0.1) is 17.2 Å². The van der Waals surface area contributed by atoms with Gasteiger partial charge in [-0.05, 0) is 53.8 Å². The minimum Gasteiger partial charge on any atom is -0.454 e. The third-order valence-electron chi connectivity index (χ3n) is 11.7. The summed E-state index contributed by atoms with van der Waals surface area (Å²) in [6.45, 7) is 2.30. The number of nitriles is 1. The van der Waals surface area contributed by atoms with Crippen molar-refractivity contribution in [3.8, 4) is 56.8 Å². The molecule has 10 aromatic rings. The van der Waals surface area contributed by atoms with Gasteiger partial charge in [0, 0.05) is 49.4 Å². The minimum atomic E-state index is 0.235. The van der Waals surface area contributed by atoms with Crippen molar-refractivity contribution in [1.29, 1.82) is 5.26 Å². The summed E-state index contributed by atoms with van der Waals surface area (Å²) in [6, 6.07) is 58.9. The third-order valence-corrected chi connectivity index (χ3v) is 11.7. The predicted octanol–water partition coefficient (Wildman–Crippen LogP) is 14.0. The fraction of sp³-hybridized carbons (Fsp3) is 0.0556. The second-order valence-electron chi connectivity index (χ2n) is 15.2. The molecule has 0 radical (unpaired) electrons. The van der Waals surface area contributed by atoms with Crippen molar-refractivity contribution in [2.24, 2.45) is 5.92 Å². The third kappa shape index (κ3) is 5.61. The van der Waals surface area contributed by atoms with E-state index in [-0.39, 0.29) is 5.92 Å². The Labute approximate surface area is 341 Å². The van der Waals surface area contributed by atoms with Crippen LogP contribution in [0.4, 0.5) is 0 Å². The van der Waals surface area contributed by atoms with Crippen LogP contribution in [0.2, 0.25) is 0 Å². The monoisotopic (exact) mass is 756 g/mol. The van der Waals surface area contributed by atoms with Crippen molar-refractivity contribution in [2.45, 2.75) is 13.3 Å². The summed E-state index contributed by atoms with van der Waals surface area (Å²) < 4.78 is 9.28. The van der Waals surface area contributed by atoms with E-state index in [0.717, 1.165) is 89.2 Å². The summed E-state index contributed by atoms with van der Waals surface area (Å²) in [7, 11) is 0. The molecule has 0 aliphatic heterocycles. The average molecular weight is 757 g/mol. The van der Waals surface area contributed by atoms with Gasteiger partial charge in [0.25, 0.3) is 0 Å². The second kappa shape index (κ2) is 14.0. The Morgan fingerprint density at radius 2 is 1.20 bits per heavy atom. The van der Waals surface area contributed by atoms with Gasteiger partial charge in [0.2, 0.25) is 0 Å². The maximum Gasteiger partial charge on any atom is 0.160 e. The first-order valence-corrected chi connectivity index (χ1v) is 20.0. The van der Waals surface area contributed by atoms with Gasteiger partial charge in [0.1, 0.15) is 17.2 Å². The molecular formula is C54H36N4O. The van der Waals surface area contributed by atoms with Crippen molar-refractivity contribution in [3.63, 3.8) is 0 Å². The van der Waals surface area contributed by atoms with Gasteiger partial charge in [-0.25, -0.2) is 9.97 Å². The summed E-state index contributed by atoms with van der Waals surface area (Å²) >= 11 is 0. The maximum atomic E-state index is 10.7. The van der Waals surface area contributed by atoms with Crippen molar-refractivity contribution in [2.75, 3.05) is 0 Å². The zero-order chi connectivity index (χ0) is 39.5. The van der Waals surface area contributed by atoms with Crippen LogP contribution in [0.15, 0.2) is 186 Å². The van der Waals surface area contributed by atoms with E-state index in [0.29, 0.717) is 22.8 Å². The van der Waals surface area contributed by atoms with E-state index in [9.17, 15) is 5.26 Å². The van der Waals surface area contributed by atoms with E-state index in [1.807, 2.05) is 66.7 Å². The van der Waals surface area contributed by atoms with E-state index >= 15 is 0 Å². The van der Waals surface area contributed by atoms with Crippen LogP contribution in [0.25, 0.3) is 100 Å². The van der Waals surface area contributed by atoms with Gasteiger partial charge in [-0.2, -0.15) is 5.26 Å². The standard InChI is InChI=1S/C54H36N4O/c1-34-17-11-12-24-39(34)45-32-38(54-56-49(36-20-7-3-8-21-36)46(33-55)50(57-54)37-22-9-4-10-23-37)31-44(35-18-5-2-6-19-35)51(45)58-47-27-15-13-25-40(47)42-29-30-43-41-26-14-16-28-48(41)59-53(43)52(42)58/h2-16,18-32,34H,17H2,1H3. The molecule has 7 aromatic carbocycles. The molecule has 11 rings (SSSR count). The number of rotatable bonds is 6. The summed E-state index contributed by atoms with van der Waals surface area (Å²) in [5.41, 5.74) is 13.5. The number of benzene rings is 7. The Bertz CT molecular complexity index is 3310. The molecule has 278 valence electrons. The Morgan fingerprint density at radius 3 is 1.88 bits per heavy atom. The van der Waals surface area contributed by atoms with Gasteiger partial charge in [0.15, 0.2) is 11.4 Å². The molecule has 59 heavy (non-hydrogen) atoms. The summed E-state index contributed by atoms with van der Waals surface area (Å²) in [5.74, 6) is 0.784. The van der Waals surface area contributed by atoms with Crippen molar-refractivity contribution >= 4 is 49.3 Å². The lowest BCUT2D eigenvalue weighted by Crippen LogP contribution is -2.09. The predicted molar refractivity (Wildman–Crippen MR) is 241 cm³/mol. The van der Waals surface area contributed by atoms with Gasteiger partial charge < -0.3 is 8.98 Å². The Hall–Kier alpha value is -7.81. The van der Waals surface area contributed by atoms with Crippen LogP contribution in [-0.2, 0) is 0 Å². The molecule has 1 unspecified atom stereocenters. The molecule has 5 nitrogen and oxygen atoms in total. The minimum absolute atomic E-state index is 0.235. The van der Waals surface area contributed by atoms with Crippen LogP contribution >= 0.6 is 0 Å². The van der Waals surface area contributed by atoms with E-state index in [1.165, 1.54) is 5.57 Å². The molecule has 0 amide bonds. The topological polar surface area (TPSA) is 67.6 Å². The van der Waals surface area contributed by atoms with Crippen LogP contribution in [0.3, 0.4) is 0 Å². The Morgan fingerprint density at radius 1 is 0.610 bits per heavy atom. The number of hydrogen-bond donors (Lipinski definition) is 0. The molecule has 3 aromatic heterocycles. The summed E-state index contributed by atoms with van der Waals surface area (Å²) in [5, 5.41) is 15.2. The first-order chi connectivity index (χ1) is 29.2. The van der Waals surface area contributed by atoms with E-state index in [2.05, 4.69) is 133 Å². The number of aromatic nitrogens is 3. The average Bonchev–Trinajstić information content (AvgIpc) is 3.85. The van der Waals surface area contributed by atoms with Gasteiger partial charge in [0.05, 0.1) is 28.1 Å². The Kier molecular flexibility index (Phi) is 8.16. The number of hydrogen-bond acceptors (Lipinski definition) is 4. The number of furan rings is 1.